The fraction of sp³-hybridized carbons (Fsp3) is 0.231. The van der Waals surface area contributed by atoms with E-state index in [1.54, 1.807) is 13.1 Å². The first kappa shape index (κ1) is 15.3. The number of alkyl halides is 3. The maximum Gasteiger partial charge on any atom is 0.417 e. The van der Waals surface area contributed by atoms with Crippen LogP contribution in [0.4, 0.5) is 18.9 Å². The van der Waals surface area contributed by atoms with Gasteiger partial charge in [-0.2, -0.15) is 13.2 Å². The number of thiocarbonyl (C=S) groups is 1. The number of aryl methyl sites for hydroxylation is 1. The summed E-state index contributed by atoms with van der Waals surface area (Å²) >= 11 is 4.68. The summed E-state index contributed by atoms with van der Waals surface area (Å²) in [4.78, 5) is 3.68. The molecule has 0 bridgehead atoms. The van der Waals surface area contributed by atoms with E-state index in [1.165, 1.54) is 12.1 Å². The van der Waals surface area contributed by atoms with Gasteiger partial charge in [-0.05, 0) is 25.1 Å². The highest BCUT2D eigenvalue weighted by Gasteiger charge is 2.34. The third kappa shape index (κ3) is 3.72. The molecule has 0 amide bonds. The van der Waals surface area contributed by atoms with Gasteiger partial charge >= 0.3 is 6.18 Å². The first-order valence-corrected chi connectivity index (χ1v) is 6.34. The molecule has 0 radical (unpaired) electrons. The lowest BCUT2D eigenvalue weighted by atomic mass is 10.1. The molecule has 0 aliphatic rings. The minimum Gasteiger partial charge on any atom is -0.444 e. The predicted molar refractivity (Wildman–Crippen MR) is 75.9 cm³/mol. The summed E-state index contributed by atoms with van der Waals surface area (Å²) in [6, 6.07) is 3.51. The van der Waals surface area contributed by atoms with Gasteiger partial charge < -0.3 is 15.5 Å². The monoisotopic (exact) mass is 315 g/mol. The first-order chi connectivity index (χ1) is 9.77. The average Bonchev–Trinajstić information content (AvgIpc) is 2.80. The van der Waals surface area contributed by atoms with Gasteiger partial charge in [-0.15, -0.1) is 0 Å². The number of aromatic nitrogens is 1. The number of nitrogens with zero attached hydrogens (tertiary/aromatic N) is 1. The van der Waals surface area contributed by atoms with Crippen LogP contribution in [-0.2, 0) is 12.7 Å². The van der Waals surface area contributed by atoms with E-state index in [0.717, 1.165) is 6.07 Å². The molecule has 0 saturated heterocycles. The van der Waals surface area contributed by atoms with Gasteiger partial charge in [0.25, 0.3) is 0 Å². The van der Waals surface area contributed by atoms with Crippen LogP contribution in [0.2, 0.25) is 0 Å². The summed E-state index contributed by atoms with van der Waals surface area (Å²) in [6.07, 6.45) is -2.94. The second-order valence-electron chi connectivity index (χ2n) is 4.34. The summed E-state index contributed by atoms with van der Waals surface area (Å²) in [7, 11) is 0. The molecule has 0 aliphatic carbocycles. The minimum absolute atomic E-state index is 0.217. The van der Waals surface area contributed by atoms with Crippen LogP contribution in [-0.4, -0.2) is 9.97 Å². The number of hydrogen-bond acceptors (Lipinski definition) is 4. The van der Waals surface area contributed by atoms with E-state index < -0.39 is 11.7 Å². The smallest absolute Gasteiger partial charge is 0.417 e. The second-order valence-corrected chi connectivity index (χ2v) is 4.78. The van der Waals surface area contributed by atoms with Gasteiger partial charge in [0, 0.05) is 11.3 Å². The Kier molecular flexibility index (Phi) is 4.17. The molecule has 2 rings (SSSR count). The molecule has 0 saturated carbocycles. The summed E-state index contributed by atoms with van der Waals surface area (Å²) < 4.78 is 43.8. The van der Waals surface area contributed by atoms with Crippen LogP contribution in [0.3, 0.4) is 0 Å². The van der Waals surface area contributed by atoms with Gasteiger partial charge in [-0.3, -0.25) is 0 Å². The second kappa shape index (κ2) is 5.72. The Morgan fingerprint density at radius 1 is 1.43 bits per heavy atom. The van der Waals surface area contributed by atoms with Crippen LogP contribution in [0.1, 0.15) is 22.8 Å². The zero-order valence-electron chi connectivity index (χ0n) is 11.0. The quantitative estimate of drug-likeness (QED) is 0.848. The van der Waals surface area contributed by atoms with Crippen LogP contribution in [0.5, 0.6) is 0 Å². The number of benzene rings is 1. The average molecular weight is 315 g/mol. The Morgan fingerprint density at radius 3 is 2.67 bits per heavy atom. The van der Waals surface area contributed by atoms with E-state index in [-0.39, 0.29) is 17.1 Å². The summed E-state index contributed by atoms with van der Waals surface area (Å²) in [5, 5.41) is 2.91. The number of halogens is 3. The maximum atomic E-state index is 12.8. The van der Waals surface area contributed by atoms with Crippen LogP contribution >= 0.6 is 12.2 Å². The molecule has 1 heterocycles. The van der Waals surface area contributed by atoms with Gasteiger partial charge in [-0.25, -0.2) is 4.98 Å². The highest BCUT2D eigenvalue weighted by atomic mass is 32.1. The van der Waals surface area contributed by atoms with E-state index in [0.29, 0.717) is 17.3 Å². The molecular weight excluding hydrogens is 303 g/mol. The van der Waals surface area contributed by atoms with Crippen molar-refractivity contribution in [1.82, 2.24) is 4.98 Å². The van der Waals surface area contributed by atoms with Crippen LogP contribution < -0.4 is 11.1 Å². The zero-order valence-corrected chi connectivity index (χ0v) is 11.8. The van der Waals surface area contributed by atoms with Crippen molar-refractivity contribution in [3.8, 4) is 0 Å². The van der Waals surface area contributed by atoms with Crippen molar-refractivity contribution < 1.29 is 17.6 Å². The van der Waals surface area contributed by atoms with Crippen molar-refractivity contribution in [2.75, 3.05) is 5.32 Å². The molecule has 0 atom stereocenters. The van der Waals surface area contributed by atoms with Gasteiger partial charge in [-0.1, -0.05) is 12.2 Å². The van der Waals surface area contributed by atoms with E-state index in [1.807, 2.05) is 0 Å². The van der Waals surface area contributed by atoms with Crippen molar-refractivity contribution in [2.45, 2.75) is 19.6 Å². The van der Waals surface area contributed by atoms with Crippen molar-refractivity contribution in [3.63, 3.8) is 0 Å². The number of oxazole rings is 1. The molecular formula is C13H12F3N3OS. The number of hydrogen-bond donors (Lipinski definition) is 2. The lowest BCUT2D eigenvalue weighted by Gasteiger charge is -2.14. The van der Waals surface area contributed by atoms with Gasteiger partial charge in [0.2, 0.25) is 5.89 Å². The fourth-order valence-corrected chi connectivity index (χ4v) is 1.93. The van der Waals surface area contributed by atoms with Crippen LogP contribution in [0.15, 0.2) is 28.8 Å². The molecule has 0 spiro atoms. The van der Waals surface area contributed by atoms with E-state index in [9.17, 15) is 13.2 Å². The van der Waals surface area contributed by atoms with Crippen molar-refractivity contribution in [3.05, 3.63) is 47.2 Å². The Labute approximate surface area is 124 Å². The molecule has 4 nitrogen and oxygen atoms in total. The zero-order chi connectivity index (χ0) is 15.6. The van der Waals surface area contributed by atoms with Crippen molar-refractivity contribution >= 4 is 22.9 Å². The van der Waals surface area contributed by atoms with Gasteiger partial charge in [0.05, 0.1) is 18.3 Å². The fourth-order valence-electron chi connectivity index (χ4n) is 1.77. The predicted octanol–water partition coefficient (Wildman–Crippen LogP) is 3.25. The maximum absolute atomic E-state index is 12.8. The Hall–Kier alpha value is -2.09. The highest BCUT2D eigenvalue weighted by molar-refractivity contribution is 7.80. The lowest BCUT2D eigenvalue weighted by molar-refractivity contribution is -0.137. The number of nitrogens with two attached hydrogens (primary N) is 1. The van der Waals surface area contributed by atoms with E-state index >= 15 is 0 Å². The molecule has 0 aliphatic heterocycles. The van der Waals surface area contributed by atoms with Gasteiger partial charge in [0.15, 0.2) is 0 Å². The van der Waals surface area contributed by atoms with E-state index in [2.05, 4.69) is 22.5 Å². The first-order valence-electron chi connectivity index (χ1n) is 5.93. The molecule has 1 aromatic carbocycles. The molecule has 112 valence electrons. The molecule has 8 heteroatoms. The minimum atomic E-state index is -4.50. The Bertz CT molecular complexity index is 667. The third-order valence-electron chi connectivity index (χ3n) is 2.70. The van der Waals surface area contributed by atoms with E-state index in [4.69, 9.17) is 10.2 Å². The molecule has 21 heavy (non-hydrogen) atoms. The van der Waals surface area contributed by atoms with Gasteiger partial charge in [0.1, 0.15) is 10.7 Å². The molecule has 1 aromatic heterocycles. The van der Waals surface area contributed by atoms with Crippen LogP contribution in [0, 0.1) is 6.92 Å². The van der Waals surface area contributed by atoms with Crippen molar-refractivity contribution in [2.24, 2.45) is 5.73 Å². The number of rotatable bonds is 4. The molecule has 0 unspecified atom stereocenters. The number of nitrogens with one attached hydrogen (secondary N) is 1. The SMILES string of the molecule is Cc1cnc(CNc2ccc(C(F)(F)F)c(C(N)=S)c2)o1. The molecule has 2 aromatic rings. The topological polar surface area (TPSA) is 64.1 Å². The van der Waals surface area contributed by atoms with Crippen molar-refractivity contribution in [1.29, 1.82) is 0 Å². The summed E-state index contributed by atoms with van der Waals surface area (Å²) in [6.45, 7) is 2.00. The van der Waals surface area contributed by atoms with Crippen LogP contribution in [0.25, 0.3) is 0 Å². The molecule has 0 fully saturated rings. The lowest BCUT2D eigenvalue weighted by Crippen LogP contribution is -2.18. The Morgan fingerprint density at radius 2 is 2.14 bits per heavy atom. The normalized spacial score (nSPS) is 11.4. The third-order valence-corrected chi connectivity index (χ3v) is 2.92. The largest absolute Gasteiger partial charge is 0.444 e. The molecule has 3 N–H and O–H groups in total. The standard InChI is InChI=1S/C13H12F3N3OS/c1-7-5-19-11(20-7)6-18-8-2-3-10(13(14,15)16)9(4-8)12(17)21/h2-5,18H,6H2,1H3,(H2,17,21). The summed E-state index contributed by atoms with van der Waals surface area (Å²) in [5.41, 5.74) is 4.74. The summed E-state index contributed by atoms with van der Waals surface area (Å²) in [5.74, 6) is 1.09. The number of anilines is 1. The highest BCUT2D eigenvalue weighted by Crippen LogP contribution is 2.33. The Balaban J connectivity index is 2.22.